The molecule has 0 aromatic heterocycles. The van der Waals surface area contributed by atoms with Gasteiger partial charge < -0.3 is 9.57 Å². The number of ether oxygens (including phenoxy) is 1. The van der Waals surface area contributed by atoms with Crippen LogP contribution in [0.2, 0.25) is 0 Å². The fraction of sp³-hybridized carbons (Fsp3) is 0.438. The largest absolute Gasteiger partial charge is 0.494 e. The standard InChI is InChI=1S/C16H19NO4/c1-4-5-8-20-12-6-7-13-14(9-12)10(2)15(16(13)19)17-21-11(3)18/h6-7,9-10H,4-5,8H2,1-3H3. The minimum atomic E-state index is -0.540. The monoisotopic (exact) mass is 289 g/mol. The Labute approximate surface area is 123 Å². The summed E-state index contributed by atoms with van der Waals surface area (Å²) < 4.78 is 5.65. The lowest BCUT2D eigenvalue weighted by Gasteiger charge is -2.08. The second-order valence-electron chi connectivity index (χ2n) is 5.06. The summed E-state index contributed by atoms with van der Waals surface area (Å²) in [6.45, 7) is 5.87. The zero-order valence-corrected chi connectivity index (χ0v) is 12.5. The summed E-state index contributed by atoms with van der Waals surface area (Å²) in [5, 5.41) is 3.68. The Balaban J connectivity index is 2.21. The molecule has 5 heteroatoms. The number of hydrogen-bond acceptors (Lipinski definition) is 5. The van der Waals surface area contributed by atoms with Crippen molar-refractivity contribution in [3.63, 3.8) is 0 Å². The maximum atomic E-state index is 12.2. The summed E-state index contributed by atoms with van der Waals surface area (Å²) in [4.78, 5) is 27.7. The third-order valence-electron chi connectivity index (χ3n) is 3.42. The Bertz CT molecular complexity index is 592. The van der Waals surface area contributed by atoms with E-state index in [4.69, 9.17) is 4.74 Å². The van der Waals surface area contributed by atoms with E-state index in [0.717, 1.165) is 24.2 Å². The van der Waals surface area contributed by atoms with Crippen LogP contribution < -0.4 is 4.74 Å². The highest BCUT2D eigenvalue weighted by Gasteiger charge is 2.34. The molecule has 0 fully saturated rings. The van der Waals surface area contributed by atoms with Crippen molar-refractivity contribution in [1.29, 1.82) is 0 Å². The van der Waals surface area contributed by atoms with E-state index >= 15 is 0 Å². The van der Waals surface area contributed by atoms with Gasteiger partial charge in [0, 0.05) is 18.4 Å². The summed E-state index contributed by atoms with van der Waals surface area (Å²) in [6, 6.07) is 5.39. The molecule has 0 bridgehead atoms. The first-order valence-corrected chi connectivity index (χ1v) is 7.11. The van der Waals surface area contributed by atoms with E-state index in [1.165, 1.54) is 6.92 Å². The Kier molecular flexibility index (Phi) is 4.73. The van der Waals surface area contributed by atoms with Crippen LogP contribution in [0.4, 0.5) is 0 Å². The summed E-state index contributed by atoms with van der Waals surface area (Å²) in [5.41, 5.74) is 1.71. The molecule has 0 saturated carbocycles. The molecule has 0 spiro atoms. The Morgan fingerprint density at radius 3 is 2.81 bits per heavy atom. The van der Waals surface area contributed by atoms with Crippen molar-refractivity contribution in [3.05, 3.63) is 29.3 Å². The molecule has 5 nitrogen and oxygen atoms in total. The van der Waals surface area contributed by atoms with Crippen LogP contribution in [0, 0.1) is 0 Å². The second-order valence-corrected chi connectivity index (χ2v) is 5.06. The zero-order valence-electron chi connectivity index (χ0n) is 12.5. The van der Waals surface area contributed by atoms with Crippen LogP contribution in [-0.4, -0.2) is 24.1 Å². The van der Waals surface area contributed by atoms with Crippen LogP contribution in [0.15, 0.2) is 23.4 Å². The highest BCUT2D eigenvalue weighted by Crippen LogP contribution is 2.33. The predicted molar refractivity (Wildman–Crippen MR) is 78.8 cm³/mol. The van der Waals surface area contributed by atoms with Gasteiger partial charge >= 0.3 is 5.97 Å². The van der Waals surface area contributed by atoms with E-state index in [2.05, 4.69) is 16.9 Å². The minimum absolute atomic E-state index is 0.196. The average Bonchev–Trinajstić information content (AvgIpc) is 2.69. The molecule has 0 radical (unpaired) electrons. The molecule has 1 aliphatic carbocycles. The number of benzene rings is 1. The van der Waals surface area contributed by atoms with E-state index in [0.29, 0.717) is 12.2 Å². The molecular formula is C16H19NO4. The van der Waals surface area contributed by atoms with Crippen LogP contribution in [0.3, 0.4) is 0 Å². The Hall–Kier alpha value is -2.17. The molecular weight excluding hydrogens is 270 g/mol. The smallest absolute Gasteiger partial charge is 0.331 e. The van der Waals surface area contributed by atoms with Crippen LogP contribution in [0.5, 0.6) is 5.75 Å². The minimum Gasteiger partial charge on any atom is -0.494 e. The van der Waals surface area contributed by atoms with E-state index < -0.39 is 5.97 Å². The molecule has 0 amide bonds. The SMILES string of the molecule is CCCCOc1ccc2c(c1)C(C)C(=NOC(C)=O)C2=O. The molecule has 0 heterocycles. The van der Waals surface area contributed by atoms with Crippen LogP contribution >= 0.6 is 0 Å². The predicted octanol–water partition coefficient (Wildman–Crippen LogP) is 3.08. The van der Waals surface area contributed by atoms with Crippen molar-refractivity contribution in [1.82, 2.24) is 0 Å². The highest BCUT2D eigenvalue weighted by molar-refractivity contribution is 6.50. The number of unbranched alkanes of at least 4 members (excludes halogenated alkanes) is 1. The number of ketones is 1. The molecule has 1 unspecified atom stereocenters. The second kappa shape index (κ2) is 6.52. The number of carbonyl (C=O) groups excluding carboxylic acids is 2. The molecule has 2 rings (SSSR count). The first-order valence-electron chi connectivity index (χ1n) is 7.11. The normalized spacial score (nSPS) is 18.7. The molecule has 1 aliphatic rings. The van der Waals surface area contributed by atoms with E-state index in [9.17, 15) is 9.59 Å². The molecule has 1 aromatic rings. The maximum absolute atomic E-state index is 12.2. The van der Waals surface area contributed by atoms with E-state index in [-0.39, 0.29) is 17.4 Å². The first-order chi connectivity index (χ1) is 10.0. The fourth-order valence-corrected chi connectivity index (χ4v) is 2.25. The van der Waals surface area contributed by atoms with Gasteiger partial charge in [-0.15, -0.1) is 0 Å². The van der Waals surface area contributed by atoms with Crippen LogP contribution in [0.25, 0.3) is 0 Å². The number of rotatable bonds is 5. The first kappa shape index (κ1) is 15.2. The van der Waals surface area contributed by atoms with Gasteiger partial charge in [0.15, 0.2) is 0 Å². The van der Waals surface area contributed by atoms with Gasteiger partial charge in [0.05, 0.1) is 6.61 Å². The zero-order chi connectivity index (χ0) is 15.4. The van der Waals surface area contributed by atoms with Gasteiger partial charge in [0.1, 0.15) is 11.5 Å². The summed E-state index contributed by atoms with van der Waals surface area (Å²) in [7, 11) is 0. The van der Waals surface area contributed by atoms with Crippen molar-refractivity contribution in [2.45, 2.75) is 39.5 Å². The molecule has 1 atom stereocenters. The van der Waals surface area contributed by atoms with E-state index in [1.807, 2.05) is 13.0 Å². The number of carbonyl (C=O) groups is 2. The van der Waals surface area contributed by atoms with Crippen molar-refractivity contribution in [2.75, 3.05) is 6.61 Å². The highest BCUT2D eigenvalue weighted by atomic mass is 16.7. The molecule has 0 saturated heterocycles. The Morgan fingerprint density at radius 2 is 2.14 bits per heavy atom. The third kappa shape index (κ3) is 3.29. The van der Waals surface area contributed by atoms with Crippen molar-refractivity contribution in [2.24, 2.45) is 5.16 Å². The molecule has 0 aliphatic heterocycles. The Morgan fingerprint density at radius 1 is 1.38 bits per heavy atom. The number of Topliss-reactive ketones (excluding diaryl/α,β-unsaturated/α-hetero) is 1. The number of nitrogens with zero attached hydrogens (tertiary/aromatic N) is 1. The van der Waals surface area contributed by atoms with Crippen molar-refractivity contribution < 1.29 is 19.2 Å². The number of hydrogen-bond donors (Lipinski definition) is 0. The van der Waals surface area contributed by atoms with Gasteiger partial charge in [-0.3, -0.25) is 4.79 Å². The molecule has 112 valence electrons. The maximum Gasteiger partial charge on any atom is 0.331 e. The van der Waals surface area contributed by atoms with Gasteiger partial charge in [-0.2, -0.15) is 0 Å². The lowest BCUT2D eigenvalue weighted by atomic mass is 10.0. The quantitative estimate of drug-likeness (QED) is 0.474. The van der Waals surface area contributed by atoms with Gasteiger partial charge in [-0.25, -0.2) is 4.79 Å². The van der Waals surface area contributed by atoms with Gasteiger partial charge in [-0.05, 0) is 30.2 Å². The lowest BCUT2D eigenvalue weighted by molar-refractivity contribution is -0.140. The lowest BCUT2D eigenvalue weighted by Crippen LogP contribution is -2.12. The molecule has 0 N–H and O–H groups in total. The van der Waals surface area contributed by atoms with Gasteiger partial charge in [-0.1, -0.05) is 25.4 Å². The number of oxime groups is 1. The molecule has 21 heavy (non-hydrogen) atoms. The van der Waals surface area contributed by atoms with Gasteiger partial charge in [0.2, 0.25) is 5.78 Å². The summed E-state index contributed by atoms with van der Waals surface area (Å²) in [5.74, 6) is -0.196. The number of fused-ring (bicyclic) bond motifs is 1. The van der Waals surface area contributed by atoms with Crippen molar-refractivity contribution in [3.8, 4) is 5.75 Å². The molecule has 1 aromatic carbocycles. The third-order valence-corrected chi connectivity index (χ3v) is 3.42. The van der Waals surface area contributed by atoms with Gasteiger partial charge in [0.25, 0.3) is 0 Å². The van der Waals surface area contributed by atoms with E-state index in [1.54, 1.807) is 12.1 Å². The summed E-state index contributed by atoms with van der Waals surface area (Å²) in [6.07, 6.45) is 2.06. The topological polar surface area (TPSA) is 65.0 Å². The average molecular weight is 289 g/mol. The van der Waals surface area contributed by atoms with Crippen molar-refractivity contribution >= 4 is 17.5 Å². The van der Waals surface area contributed by atoms with Crippen LogP contribution in [0.1, 0.15) is 55.5 Å². The van der Waals surface area contributed by atoms with Crippen LogP contribution in [-0.2, 0) is 9.63 Å². The summed E-state index contributed by atoms with van der Waals surface area (Å²) >= 11 is 0. The fourth-order valence-electron chi connectivity index (χ4n) is 2.25.